The second-order valence-electron chi connectivity index (χ2n) is 4.02. The van der Waals surface area contributed by atoms with Crippen LogP contribution in [0, 0.1) is 0 Å². The highest BCUT2D eigenvalue weighted by atomic mass is 19.4. The van der Waals surface area contributed by atoms with E-state index in [9.17, 15) is 23.4 Å². The Morgan fingerprint density at radius 3 is 2.50 bits per heavy atom. The Hall–Kier alpha value is -1.96. The third-order valence-corrected chi connectivity index (χ3v) is 2.61. The molecule has 0 heterocycles. The van der Waals surface area contributed by atoms with E-state index in [1.165, 1.54) is 0 Å². The Morgan fingerprint density at radius 1 is 1.30 bits per heavy atom. The van der Waals surface area contributed by atoms with Crippen molar-refractivity contribution < 1.29 is 28.5 Å². The van der Waals surface area contributed by atoms with Gasteiger partial charge in [0.05, 0.1) is 11.7 Å². The molecule has 0 fully saturated rings. The van der Waals surface area contributed by atoms with Crippen molar-refractivity contribution in [3.63, 3.8) is 0 Å². The van der Waals surface area contributed by atoms with Crippen molar-refractivity contribution in [2.45, 2.75) is 24.8 Å². The van der Waals surface area contributed by atoms with Gasteiger partial charge in [-0.25, -0.2) is 0 Å². The standard InChI is InChI=1S/C11H12F3N3O3/c12-11(13,14)8-5-6(18)1-2-7(8)10(20)9(19)3-4-16-17-15/h1-2,5,9-10,18-20H,3-4H2. The first kappa shape index (κ1) is 16.1. The first-order chi connectivity index (χ1) is 9.27. The first-order valence-corrected chi connectivity index (χ1v) is 5.54. The highest BCUT2D eigenvalue weighted by Gasteiger charge is 2.36. The summed E-state index contributed by atoms with van der Waals surface area (Å²) in [5.41, 5.74) is 6.27. The van der Waals surface area contributed by atoms with Gasteiger partial charge < -0.3 is 15.3 Å². The summed E-state index contributed by atoms with van der Waals surface area (Å²) in [7, 11) is 0. The van der Waals surface area contributed by atoms with Crippen LogP contribution in [0.15, 0.2) is 23.3 Å². The number of halogens is 3. The molecule has 2 atom stereocenters. The molecule has 2 unspecified atom stereocenters. The van der Waals surface area contributed by atoms with Crippen LogP contribution in [0.25, 0.3) is 10.4 Å². The van der Waals surface area contributed by atoms with E-state index in [-0.39, 0.29) is 13.0 Å². The maximum Gasteiger partial charge on any atom is 0.416 e. The summed E-state index contributed by atoms with van der Waals surface area (Å²) in [4.78, 5) is 2.43. The highest BCUT2D eigenvalue weighted by Crippen LogP contribution is 2.37. The van der Waals surface area contributed by atoms with Crippen molar-refractivity contribution in [2.75, 3.05) is 6.54 Å². The molecule has 1 aromatic rings. The summed E-state index contributed by atoms with van der Waals surface area (Å²) < 4.78 is 38.4. The number of aliphatic hydroxyl groups excluding tert-OH is 2. The number of aromatic hydroxyl groups is 1. The van der Waals surface area contributed by atoms with E-state index in [2.05, 4.69) is 10.0 Å². The fourth-order valence-corrected chi connectivity index (χ4v) is 1.65. The van der Waals surface area contributed by atoms with E-state index in [1.54, 1.807) is 0 Å². The number of nitrogens with zero attached hydrogens (tertiary/aromatic N) is 3. The zero-order valence-corrected chi connectivity index (χ0v) is 10.1. The van der Waals surface area contributed by atoms with Crippen molar-refractivity contribution >= 4 is 0 Å². The molecule has 110 valence electrons. The van der Waals surface area contributed by atoms with Crippen LogP contribution >= 0.6 is 0 Å². The summed E-state index contributed by atoms with van der Waals surface area (Å²) in [5.74, 6) is -0.600. The number of alkyl halides is 3. The molecule has 1 aromatic carbocycles. The van der Waals surface area contributed by atoms with Crippen molar-refractivity contribution in [2.24, 2.45) is 5.11 Å². The minimum atomic E-state index is -4.78. The molecule has 6 nitrogen and oxygen atoms in total. The lowest BCUT2D eigenvalue weighted by Gasteiger charge is -2.21. The quantitative estimate of drug-likeness (QED) is 0.440. The second-order valence-corrected chi connectivity index (χ2v) is 4.02. The molecule has 3 N–H and O–H groups in total. The zero-order chi connectivity index (χ0) is 15.3. The van der Waals surface area contributed by atoms with Crippen molar-refractivity contribution in [1.82, 2.24) is 0 Å². The Kier molecular flexibility index (Phi) is 5.20. The number of aliphatic hydroxyl groups is 2. The van der Waals surface area contributed by atoms with Crippen LogP contribution in [0.2, 0.25) is 0 Å². The van der Waals surface area contributed by atoms with E-state index >= 15 is 0 Å². The van der Waals surface area contributed by atoms with Crippen molar-refractivity contribution in [1.29, 1.82) is 0 Å². The van der Waals surface area contributed by atoms with E-state index in [0.717, 1.165) is 12.1 Å². The fourth-order valence-electron chi connectivity index (χ4n) is 1.65. The normalized spacial score (nSPS) is 14.4. The maximum atomic E-state index is 12.8. The van der Waals surface area contributed by atoms with Gasteiger partial charge in [0.15, 0.2) is 0 Å². The van der Waals surface area contributed by atoms with Crippen molar-refractivity contribution in [3.05, 3.63) is 39.8 Å². The van der Waals surface area contributed by atoms with Gasteiger partial charge >= 0.3 is 6.18 Å². The SMILES string of the molecule is [N-]=[N+]=NCCC(O)C(O)c1ccc(O)cc1C(F)(F)F. The lowest BCUT2D eigenvalue weighted by atomic mass is 9.96. The molecule has 0 saturated heterocycles. The van der Waals surface area contributed by atoms with Gasteiger partial charge in [0, 0.05) is 11.5 Å². The Balaban J connectivity index is 3.03. The number of phenols is 1. The van der Waals surface area contributed by atoms with E-state index < -0.39 is 35.3 Å². The number of azide groups is 1. The third kappa shape index (κ3) is 4.02. The van der Waals surface area contributed by atoms with Gasteiger partial charge in [0.2, 0.25) is 0 Å². The van der Waals surface area contributed by atoms with Gasteiger partial charge in [-0.15, -0.1) is 0 Å². The van der Waals surface area contributed by atoms with Crippen LogP contribution in [-0.4, -0.2) is 28.0 Å². The monoisotopic (exact) mass is 291 g/mol. The smallest absolute Gasteiger partial charge is 0.416 e. The molecule has 9 heteroatoms. The third-order valence-electron chi connectivity index (χ3n) is 2.61. The van der Waals surface area contributed by atoms with Crippen LogP contribution in [-0.2, 0) is 6.18 Å². The van der Waals surface area contributed by atoms with Gasteiger partial charge in [-0.2, -0.15) is 13.2 Å². The van der Waals surface area contributed by atoms with Gasteiger partial charge in [-0.05, 0) is 29.6 Å². The predicted molar refractivity (Wildman–Crippen MR) is 62.7 cm³/mol. The molecule has 0 aliphatic carbocycles. The van der Waals surface area contributed by atoms with Crippen LogP contribution in [0.5, 0.6) is 5.75 Å². The average Bonchev–Trinajstić information content (AvgIpc) is 2.37. The number of benzene rings is 1. The average molecular weight is 291 g/mol. The second kappa shape index (κ2) is 6.47. The molecule has 0 saturated carbocycles. The summed E-state index contributed by atoms with van der Waals surface area (Å²) in [6.07, 6.45) is -8.30. The van der Waals surface area contributed by atoms with Crippen LogP contribution < -0.4 is 0 Å². The Bertz CT molecular complexity index is 515. The molecule has 0 aromatic heterocycles. The lowest BCUT2D eigenvalue weighted by Crippen LogP contribution is -2.22. The topological polar surface area (TPSA) is 109 Å². The molecule has 20 heavy (non-hydrogen) atoms. The lowest BCUT2D eigenvalue weighted by molar-refractivity contribution is -0.140. The Labute approximate surface area is 111 Å². The van der Waals surface area contributed by atoms with Gasteiger partial charge in [0.25, 0.3) is 0 Å². The molecule has 0 bridgehead atoms. The van der Waals surface area contributed by atoms with Gasteiger partial charge in [-0.3, -0.25) is 0 Å². The van der Waals surface area contributed by atoms with E-state index in [4.69, 9.17) is 10.6 Å². The zero-order valence-electron chi connectivity index (χ0n) is 10.1. The largest absolute Gasteiger partial charge is 0.508 e. The van der Waals surface area contributed by atoms with Crippen LogP contribution in [0.4, 0.5) is 13.2 Å². The molecular weight excluding hydrogens is 279 g/mol. The van der Waals surface area contributed by atoms with Crippen LogP contribution in [0.3, 0.4) is 0 Å². The fraction of sp³-hybridized carbons (Fsp3) is 0.455. The molecule has 0 aliphatic heterocycles. The summed E-state index contributed by atoms with van der Waals surface area (Å²) in [5, 5.41) is 31.6. The van der Waals surface area contributed by atoms with Crippen molar-refractivity contribution in [3.8, 4) is 5.75 Å². The molecule has 0 amide bonds. The minimum absolute atomic E-state index is 0.159. The van der Waals surface area contributed by atoms with Gasteiger partial charge in [0.1, 0.15) is 11.9 Å². The maximum absolute atomic E-state index is 12.8. The minimum Gasteiger partial charge on any atom is -0.508 e. The molecule has 1 rings (SSSR count). The van der Waals surface area contributed by atoms with E-state index in [0.29, 0.717) is 6.07 Å². The number of hydrogen-bond donors (Lipinski definition) is 3. The molecule has 0 spiro atoms. The number of phenolic OH excluding ortho intramolecular Hbond substituents is 1. The number of hydrogen-bond acceptors (Lipinski definition) is 4. The molecule has 0 aliphatic rings. The van der Waals surface area contributed by atoms with Crippen LogP contribution in [0.1, 0.15) is 23.7 Å². The Morgan fingerprint density at radius 2 is 1.95 bits per heavy atom. The molecule has 0 radical (unpaired) electrons. The highest BCUT2D eigenvalue weighted by molar-refractivity contribution is 5.38. The number of rotatable bonds is 5. The van der Waals surface area contributed by atoms with Gasteiger partial charge in [-0.1, -0.05) is 11.2 Å². The first-order valence-electron chi connectivity index (χ1n) is 5.54. The van der Waals surface area contributed by atoms with E-state index in [1.807, 2.05) is 0 Å². The summed E-state index contributed by atoms with van der Waals surface area (Å²) in [6.45, 7) is -0.159. The molecular formula is C11H12F3N3O3. The predicted octanol–water partition coefficient (Wildman–Crippen LogP) is 2.51. The summed E-state index contributed by atoms with van der Waals surface area (Å²) in [6, 6.07) is 2.34. The summed E-state index contributed by atoms with van der Waals surface area (Å²) >= 11 is 0.